The fourth-order valence-corrected chi connectivity index (χ4v) is 6.55. The van der Waals surface area contributed by atoms with Gasteiger partial charge in [-0.05, 0) is 90.7 Å². The summed E-state index contributed by atoms with van der Waals surface area (Å²) in [6.07, 6.45) is 7.09. The van der Waals surface area contributed by atoms with Crippen molar-refractivity contribution in [2.75, 3.05) is 0 Å². The standard InChI is InChI=1S/C23H26O2/c24-17-8-4-14(5-9-17)23(15-6-10-18(25)11-7-15)22-13-16-12-21(22)20-3-1-2-19(16)20/h4-11,16,19-25H,1-3,12-13H2. The lowest BCUT2D eigenvalue weighted by Gasteiger charge is -2.37. The van der Waals surface area contributed by atoms with Gasteiger partial charge in [0.05, 0.1) is 0 Å². The molecule has 5 rings (SSSR count). The largest absolute Gasteiger partial charge is 0.508 e. The van der Waals surface area contributed by atoms with Crippen molar-refractivity contribution in [3.63, 3.8) is 0 Å². The first-order valence-electron chi connectivity index (χ1n) is 9.78. The summed E-state index contributed by atoms with van der Waals surface area (Å²) in [7, 11) is 0. The summed E-state index contributed by atoms with van der Waals surface area (Å²) in [6.45, 7) is 0. The first-order valence-corrected chi connectivity index (χ1v) is 9.78. The first-order chi connectivity index (χ1) is 12.2. The van der Waals surface area contributed by atoms with Crippen molar-refractivity contribution in [1.29, 1.82) is 0 Å². The molecule has 5 unspecified atom stereocenters. The quantitative estimate of drug-likeness (QED) is 0.799. The van der Waals surface area contributed by atoms with Crippen LogP contribution in [0.5, 0.6) is 11.5 Å². The summed E-state index contributed by atoms with van der Waals surface area (Å²) in [5.74, 6) is 5.46. The highest BCUT2D eigenvalue weighted by atomic mass is 16.3. The zero-order valence-electron chi connectivity index (χ0n) is 14.5. The average Bonchev–Trinajstić information content (AvgIpc) is 3.31. The smallest absolute Gasteiger partial charge is 0.115 e. The van der Waals surface area contributed by atoms with Gasteiger partial charge in [0.15, 0.2) is 0 Å². The van der Waals surface area contributed by atoms with Crippen molar-refractivity contribution >= 4 is 0 Å². The van der Waals surface area contributed by atoms with Crippen LogP contribution < -0.4 is 0 Å². The van der Waals surface area contributed by atoms with Crippen molar-refractivity contribution in [2.24, 2.45) is 29.6 Å². The zero-order valence-corrected chi connectivity index (χ0v) is 14.5. The summed E-state index contributed by atoms with van der Waals surface area (Å²) in [4.78, 5) is 0. The molecular formula is C23H26O2. The van der Waals surface area contributed by atoms with Crippen LogP contribution in [0.4, 0.5) is 0 Å². The normalized spacial score (nSPS) is 33.1. The molecule has 0 radical (unpaired) electrons. The van der Waals surface area contributed by atoms with E-state index in [9.17, 15) is 10.2 Å². The SMILES string of the molecule is Oc1ccc(C(c2ccc(O)cc2)C2CC3CC2C2CCCC32)cc1. The van der Waals surface area contributed by atoms with Crippen LogP contribution in [-0.2, 0) is 0 Å². The number of phenolic OH excluding ortho intramolecular Hbond substituents is 2. The maximum atomic E-state index is 9.71. The average molecular weight is 334 g/mol. The van der Waals surface area contributed by atoms with Crippen LogP contribution in [0.15, 0.2) is 48.5 Å². The molecule has 130 valence electrons. The summed E-state index contributed by atoms with van der Waals surface area (Å²) in [5, 5.41) is 19.4. The van der Waals surface area contributed by atoms with Gasteiger partial charge < -0.3 is 10.2 Å². The minimum Gasteiger partial charge on any atom is -0.508 e. The van der Waals surface area contributed by atoms with E-state index in [-0.39, 0.29) is 0 Å². The molecule has 2 N–H and O–H groups in total. The predicted octanol–water partition coefficient (Wildman–Crippen LogP) is 5.30. The monoisotopic (exact) mass is 334 g/mol. The number of rotatable bonds is 3. The summed E-state index contributed by atoms with van der Waals surface area (Å²) in [6, 6.07) is 15.6. The lowest BCUT2D eigenvalue weighted by molar-refractivity contribution is 0.175. The number of benzene rings is 2. The Hall–Kier alpha value is -1.96. The molecule has 3 aliphatic carbocycles. The number of hydrogen-bond donors (Lipinski definition) is 2. The molecule has 3 fully saturated rings. The van der Waals surface area contributed by atoms with Gasteiger partial charge in [-0.2, -0.15) is 0 Å². The van der Waals surface area contributed by atoms with Gasteiger partial charge in [0, 0.05) is 5.92 Å². The molecule has 2 aromatic carbocycles. The molecule has 2 nitrogen and oxygen atoms in total. The molecule has 25 heavy (non-hydrogen) atoms. The Kier molecular flexibility index (Phi) is 3.55. The molecule has 0 spiro atoms. The van der Waals surface area contributed by atoms with Crippen molar-refractivity contribution in [3.05, 3.63) is 59.7 Å². The van der Waals surface area contributed by atoms with E-state index in [1.54, 1.807) is 0 Å². The van der Waals surface area contributed by atoms with Crippen molar-refractivity contribution in [2.45, 2.75) is 38.0 Å². The van der Waals surface area contributed by atoms with Gasteiger partial charge in [-0.3, -0.25) is 0 Å². The Morgan fingerprint density at radius 2 is 1.24 bits per heavy atom. The highest BCUT2D eigenvalue weighted by Gasteiger charge is 2.55. The highest BCUT2D eigenvalue weighted by Crippen LogP contribution is 2.64. The van der Waals surface area contributed by atoms with Crippen molar-refractivity contribution < 1.29 is 10.2 Å². The van der Waals surface area contributed by atoms with E-state index in [4.69, 9.17) is 0 Å². The maximum absolute atomic E-state index is 9.71. The van der Waals surface area contributed by atoms with Crippen LogP contribution in [-0.4, -0.2) is 10.2 Å². The number of fused-ring (bicyclic) bond motifs is 5. The van der Waals surface area contributed by atoms with Gasteiger partial charge in [0.25, 0.3) is 0 Å². The lowest BCUT2D eigenvalue weighted by Crippen LogP contribution is -2.29. The molecule has 0 aliphatic heterocycles. The Morgan fingerprint density at radius 3 is 1.84 bits per heavy atom. The van der Waals surface area contributed by atoms with Gasteiger partial charge in [0.1, 0.15) is 11.5 Å². The Bertz CT molecular complexity index is 703. The molecule has 2 bridgehead atoms. The van der Waals surface area contributed by atoms with E-state index in [2.05, 4.69) is 24.3 Å². The molecular weight excluding hydrogens is 308 g/mol. The van der Waals surface area contributed by atoms with Crippen molar-refractivity contribution in [3.8, 4) is 11.5 Å². The van der Waals surface area contributed by atoms with Crippen LogP contribution in [0, 0.1) is 29.6 Å². The van der Waals surface area contributed by atoms with Crippen LogP contribution in [0.2, 0.25) is 0 Å². The Labute approximate surface area is 149 Å². The molecule has 5 atom stereocenters. The van der Waals surface area contributed by atoms with E-state index in [1.807, 2.05) is 24.3 Å². The maximum Gasteiger partial charge on any atom is 0.115 e. The van der Waals surface area contributed by atoms with Crippen LogP contribution in [0.25, 0.3) is 0 Å². The lowest BCUT2D eigenvalue weighted by atomic mass is 9.67. The second-order valence-corrected chi connectivity index (χ2v) is 8.48. The Morgan fingerprint density at radius 1 is 0.680 bits per heavy atom. The Balaban J connectivity index is 1.54. The van der Waals surface area contributed by atoms with E-state index in [0.717, 1.165) is 23.7 Å². The fourth-order valence-electron chi connectivity index (χ4n) is 6.55. The van der Waals surface area contributed by atoms with Crippen molar-refractivity contribution in [1.82, 2.24) is 0 Å². The predicted molar refractivity (Wildman–Crippen MR) is 98.6 cm³/mol. The van der Waals surface area contributed by atoms with Gasteiger partial charge in [0.2, 0.25) is 0 Å². The highest BCUT2D eigenvalue weighted by molar-refractivity contribution is 5.39. The summed E-state index contributed by atoms with van der Waals surface area (Å²) < 4.78 is 0. The third kappa shape index (κ3) is 2.46. The first kappa shape index (κ1) is 15.3. The van der Waals surface area contributed by atoms with E-state index < -0.39 is 0 Å². The van der Waals surface area contributed by atoms with Gasteiger partial charge in [-0.15, -0.1) is 0 Å². The number of phenols is 2. The zero-order chi connectivity index (χ0) is 17.0. The number of hydrogen-bond acceptors (Lipinski definition) is 2. The second-order valence-electron chi connectivity index (χ2n) is 8.48. The molecule has 3 aliphatic rings. The van der Waals surface area contributed by atoms with Crippen LogP contribution >= 0.6 is 0 Å². The summed E-state index contributed by atoms with van der Waals surface area (Å²) in [5.41, 5.74) is 2.60. The van der Waals surface area contributed by atoms with Crippen LogP contribution in [0.1, 0.15) is 49.1 Å². The molecule has 3 saturated carbocycles. The molecule has 0 heterocycles. The van der Waals surface area contributed by atoms with E-state index in [1.165, 1.54) is 43.2 Å². The second kappa shape index (κ2) is 5.79. The van der Waals surface area contributed by atoms with Gasteiger partial charge in [-0.1, -0.05) is 30.7 Å². The van der Waals surface area contributed by atoms with Gasteiger partial charge in [-0.25, -0.2) is 0 Å². The third-order valence-electron chi connectivity index (χ3n) is 7.41. The summed E-state index contributed by atoms with van der Waals surface area (Å²) >= 11 is 0. The minimum absolute atomic E-state index is 0.331. The number of aromatic hydroxyl groups is 2. The third-order valence-corrected chi connectivity index (χ3v) is 7.41. The molecule has 0 saturated heterocycles. The molecule has 2 aromatic rings. The molecule has 0 aromatic heterocycles. The van der Waals surface area contributed by atoms with E-state index >= 15 is 0 Å². The van der Waals surface area contributed by atoms with Crippen LogP contribution in [0.3, 0.4) is 0 Å². The van der Waals surface area contributed by atoms with Gasteiger partial charge >= 0.3 is 0 Å². The topological polar surface area (TPSA) is 40.5 Å². The van der Waals surface area contributed by atoms with E-state index in [0.29, 0.717) is 23.3 Å². The minimum atomic E-state index is 0.331. The molecule has 0 amide bonds. The fraction of sp³-hybridized carbons (Fsp3) is 0.478. The molecule has 2 heteroatoms.